The summed E-state index contributed by atoms with van der Waals surface area (Å²) >= 11 is 1.81. The predicted molar refractivity (Wildman–Crippen MR) is 75.5 cm³/mol. The van der Waals surface area contributed by atoms with Gasteiger partial charge in [-0.1, -0.05) is 24.3 Å². The van der Waals surface area contributed by atoms with E-state index in [-0.39, 0.29) is 6.04 Å². The van der Waals surface area contributed by atoms with Crippen LogP contribution < -0.4 is 5.73 Å². The van der Waals surface area contributed by atoms with E-state index in [9.17, 15) is 0 Å². The number of thiophene rings is 1. The van der Waals surface area contributed by atoms with Crippen molar-refractivity contribution >= 4 is 11.3 Å². The molecule has 0 saturated heterocycles. The van der Waals surface area contributed by atoms with Crippen molar-refractivity contribution in [3.63, 3.8) is 0 Å². The summed E-state index contributed by atoms with van der Waals surface area (Å²) in [7, 11) is 0. The molecule has 1 heterocycles. The Bertz CT molecular complexity index is 487. The number of nitrogens with two attached hydrogens (primary N) is 1. The Balaban J connectivity index is 1.97. The van der Waals surface area contributed by atoms with E-state index in [1.54, 1.807) is 0 Å². The SMILES string of the molecule is Cc1ccc(C(N)CCc2ccccc2C)s1. The molecule has 0 bridgehead atoms. The first-order valence-electron chi connectivity index (χ1n) is 6.03. The maximum Gasteiger partial charge on any atom is 0.0393 e. The molecule has 2 aromatic rings. The summed E-state index contributed by atoms with van der Waals surface area (Å²) in [5, 5.41) is 0. The average Bonchev–Trinajstić information content (AvgIpc) is 2.74. The van der Waals surface area contributed by atoms with Gasteiger partial charge in [0.2, 0.25) is 0 Å². The average molecular weight is 245 g/mol. The quantitative estimate of drug-likeness (QED) is 0.865. The molecule has 0 aliphatic carbocycles. The summed E-state index contributed by atoms with van der Waals surface area (Å²) in [6, 6.07) is 13.0. The maximum absolute atomic E-state index is 6.22. The smallest absolute Gasteiger partial charge is 0.0393 e. The van der Waals surface area contributed by atoms with Crippen LogP contribution in [0.3, 0.4) is 0 Å². The van der Waals surface area contributed by atoms with Crippen molar-refractivity contribution in [2.45, 2.75) is 32.7 Å². The number of hydrogen-bond acceptors (Lipinski definition) is 2. The third-order valence-corrected chi connectivity index (χ3v) is 4.25. The van der Waals surface area contributed by atoms with Crippen molar-refractivity contribution in [2.75, 3.05) is 0 Å². The van der Waals surface area contributed by atoms with Crippen LogP contribution in [0.5, 0.6) is 0 Å². The lowest BCUT2D eigenvalue weighted by molar-refractivity contribution is 0.660. The van der Waals surface area contributed by atoms with Gasteiger partial charge < -0.3 is 5.73 Å². The summed E-state index contributed by atoms with van der Waals surface area (Å²) in [4.78, 5) is 2.64. The molecule has 2 heteroatoms. The van der Waals surface area contributed by atoms with Gasteiger partial charge in [-0.3, -0.25) is 0 Å². The lowest BCUT2D eigenvalue weighted by atomic mass is 10.0. The molecule has 2 N–H and O–H groups in total. The van der Waals surface area contributed by atoms with Crippen LogP contribution >= 0.6 is 11.3 Å². The molecule has 1 atom stereocenters. The molecule has 0 aliphatic heterocycles. The third kappa shape index (κ3) is 3.18. The standard InChI is InChI=1S/C15H19NS/c1-11-5-3-4-6-13(11)8-9-14(16)15-10-7-12(2)17-15/h3-7,10,14H,8-9,16H2,1-2H3. The molecule has 1 nitrogen and oxygen atoms in total. The number of hydrogen-bond donors (Lipinski definition) is 1. The fraction of sp³-hybridized carbons (Fsp3) is 0.333. The Hall–Kier alpha value is -1.12. The second kappa shape index (κ2) is 5.48. The Labute approximate surface area is 107 Å². The molecule has 0 aliphatic rings. The molecule has 0 amide bonds. The van der Waals surface area contributed by atoms with E-state index in [2.05, 4.69) is 50.2 Å². The zero-order valence-corrected chi connectivity index (χ0v) is 11.3. The van der Waals surface area contributed by atoms with E-state index in [1.807, 2.05) is 11.3 Å². The Morgan fingerprint density at radius 1 is 1.12 bits per heavy atom. The molecule has 90 valence electrons. The maximum atomic E-state index is 6.22. The van der Waals surface area contributed by atoms with E-state index in [4.69, 9.17) is 5.73 Å². The van der Waals surface area contributed by atoms with E-state index >= 15 is 0 Å². The monoisotopic (exact) mass is 245 g/mol. The summed E-state index contributed by atoms with van der Waals surface area (Å²) in [6.45, 7) is 4.29. The highest BCUT2D eigenvalue weighted by molar-refractivity contribution is 7.12. The molecule has 1 aromatic heterocycles. The molecule has 0 saturated carbocycles. The van der Waals surface area contributed by atoms with E-state index < -0.39 is 0 Å². The lowest BCUT2D eigenvalue weighted by Crippen LogP contribution is -2.09. The molecule has 0 fully saturated rings. The van der Waals surface area contributed by atoms with Gasteiger partial charge >= 0.3 is 0 Å². The van der Waals surface area contributed by atoms with Crippen LogP contribution in [0.15, 0.2) is 36.4 Å². The normalized spacial score (nSPS) is 12.6. The van der Waals surface area contributed by atoms with Gasteiger partial charge in [0.25, 0.3) is 0 Å². The molecule has 1 aromatic carbocycles. The summed E-state index contributed by atoms with van der Waals surface area (Å²) in [5.41, 5.74) is 8.99. The van der Waals surface area contributed by atoms with Crippen LogP contribution in [-0.2, 0) is 6.42 Å². The second-order valence-corrected chi connectivity index (χ2v) is 5.84. The molecule has 0 radical (unpaired) electrons. The number of aryl methyl sites for hydroxylation is 3. The van der Waals surface area contributed by atoms with Gasteiger partial charge in [-0.25, -0.2) is 0 Å². The first-order valence-corrected chi connectivity index (χ1v) is 6.85. The highest BCUT2D eigenvalue weighted by Gasteiger charge is 2.08. The van der Waals surface area contributed by atoms with Crippen LogP contribution in [0.1, 0.15) is 33.3 Å². The minimum Gasteiger partial charge on any atom is -0.323 e. The number of rotatable bonds is 4. The topological polar surface area (TPSA) is 26.0 Å². The fourth-order valence-corrected chi connectivity index (χ4v) is 2.91. The van der Waals surface area contributed by atoms with E-state index in [0.717, 1.165) is 12.8 Å². The van der Waals surface area contributed by atoms with Gasteiger partial charge in [0, 0.05) is 15.8 Å². The number of benzene rings is 1. The van der Waals surface area contributed by atoms with Crippen molar-refractivity contribution in [2.24, 2.45) is 5.73 Å². The third-order valence-electron chi connectivity index (χ3n) is 3.11. The Kier molecular flexibility index (Phi) is 3.97. The Morgan fingerprint density at radius 2 is 1.88 bits per heavy atom. The molecule has 2 rings (SSSR count). The highest BCUT2D eigenvalue weighted by Crippen LogP contribution is 2.24. The van der Waals surface area contributed by atoms with Crippen LogP contribution in [0.2, 0.25) is 0 Å². The predicted octanol–water partition coefficient (Wildman–Crippen LogP) is 4.00. The van der Waals surface area contributed by atoms with Gasteiger partial charge in [-0.2, -0.15) is 0 Å². The fourth-order valence-electron chi connectivity index (χ4n) is 2.00. The van der Waals surface area contributed by atoms with E-state index in [1.165, 1.54) is 20.9 Å². The zero-order valence-electron chi connectivity index (χ0n) is 10.4. The van der Waals surface area contributed by atoms with Gasteiger partial charge in [0.15, 0.2) is 0 Å². The van der Waals surface area contributed by atoms with Gasteiger partial charge in [0.1, 0.15) is 0 Å². The lowest BCUT2D eigenvalue weighted by Gasteiger charge is -2.10. The van der Waals surface area contributed by atoms with Gasteiger partial charge in [-0.05, 0) is 49.9 Å². The van der Waals surface area contributed by atoms with Gasteiger partial charge in [-0.15, -0.1) is 11.3 Å². The van der Waals surface area contributed by atoms with Crippen molar-refractivity contribution in [3.8, 4) is 0 Å². The van der Waals surface area contributed by atoms with Crippen LogP contribution in [-0.4, -0.2) is 0 Å². The first-order chi connectivity index (χ1) is 8.16. The summed E-state index contributed by atoms with van der Waals surface area (Å²) in [6.07, 6.45) is 2.08. The first kappa shape index (κ1) is 12.3. The van der Waals surface area contributed by atoms with Gasteiger partial charge in [0.05, 0.1) is 0 Å². The molecular formula is C15H19NS. The zero-order chi connectivity index (χ0) is 12.3. The molecule has 0 spiro atoms. The minimum absolute atomic E-state index is 0.174. The molecule has 17 heavy (non-hydrogen) atoms. The van der Waals surface area contributed by atoms with Crippen molar-refractivity contribution < 1.29 is 0 Å². The largest absolute Gasteiger partial charge is 0.323 e. The van der Waals surface area contributed by atoms with Crippen LogP contribution in [0, 0.1) is 13.8 Å². The van der Waals surface area contributed by atoms with Crippen molar-refractivity contribution in [3.05, 3.63) is 57.3 Å². The summed E-state index contributed by atoms with van der Waals surface area (Å²) in [5.74, 6) is 0. The Morgan fingerprint density at radius 3 is 2.53 bits per heavy atom. The second-order valence-electron chi connectivity index (χ2n) is 4.52. The van der Waals surface area contributed by atoms with Crippen molar-refractivity contribution in [1.82, 2.24) is 0 Å². The minimum atomic E-state index is 0.174. The molecule has 1 unspecified atom stereocenters. The summed E-state index contributed by atoms with van der Waals surface area (Å²) < 4.78 is 0. The van der Waals surface area contributed by atoms with Crippen LogP contribution in [0.4, 0.5) is 0 Å². The molecular weight excluding hydrogens is 226 g/mol. The highest BCUT2D eigenvalue weighted by atomic mass is 32.1. The van der Waals surface area contributed by atoms with Crippen molar-refractivity contribution in [1.29, 1.82) is 0 Å². The van der Waals surface area contributed by atoms with E-state index in [0.29, 0.717) is 0 Å². The van der Waals surface area contributed by atoms with Crippen LogP contribution in [0.25, 0.3) is 0 Å².